The zero-order valence-corrected chi connectivity index (χ0v) is 16.0. The van der Waals surface area contributed by atoms with Crippen LogP contribution < -0.4 is 5.32 Å². The number of nitrogens with zero attached hydrogens (tertiary/aromatic N) is 1. The van der Waals surface area contributed by atoms with Crippen LogP contribution in [0.4, 0.5) is 11.4 Å². The predicted octanol–water partition coefficient (Wildman–Crippen LogP) is 2.36. The number of anilines is 1. The minimum Gasteiger partial charge on any atom is -0.452 e. The smallest absolute Gasteiger partial charge is 0.338 e. The Morgan fingerprint density at radius 3 is 2.46 bits per heavy atom. The Bertz CT molecular complexity index is 1030. The average Bonchev–Trinajstić information content (AvgIpc) is 2.65. The number of para-hydroxylation sites is 1. The molecule has 0 unspecified atom stereocenters. The second kappa shape index (κ2) is 8.61. The quantitative estimate of drug-likeness (QED) is 0.424. The molecule has 2 aromatic rings. The van der Waals surface area contributed by atoms with Crippen LogP contribution in [0.25, 0.3) is 0 Å². The number of hydrogen-bond acceptors (Lipinski definition) is 7. The van der Waals surface area contributed by atoms with Gasteiger partial charge in [-0.1, -0.05) is 25.1 Å². The average molecular weight is 406 g/mol. The van der Waals surface area contributed by atoms with Gasteiger partial charge < -0.3 is 10.1 Å². The minimum absolute atomic E-state index is 0.235. The lowest BCUT2D eigenvalue weighted by molar-refractivity contribution is -0.387. The highest BCUT2D eigenvalue weighted by molar-refractivity contribution is 7.90. The maximum Gasteiger partial charge on any atom is 0.338 e. The summed E-state index contributed by atoms with van der Waals surface area (Å²) in [5, 5.41) is 13.7. The number of rotatable bonds is 7. The number of nitro benzene ring substituents is 1. The highest BCUT2D eigenvalue weighted by atomic mass is 32.2. The van der Waals surface area contributed by atoms with E-state index < -0.39 is 43.8 Å². The molecule has 10 heteroatoms. The Kier molecular flexibility index (Phi) is 6.47. The number of nitrogens with one attached hydrogen (secondary N) is 1. The van der Waals surface area contributed by atoms with Crippen molar-refractivity contribution in [2.24, 2.45) is 0 Å². The van der Waals surface area contributed by atoms with Crippen molar-refractivity contribution in [1.82, 2.24) is 0 Å². The molecule has 0 atom stereocenters. The summed E-state index contributed by atoms with van der Waals surface area (Å²) < 4.78 is 28.1. The third-order valence-corrected chi connectivity index (χ3v) is 4.94. The van der Waals surface area contributed by atoms with Gasteiger partial charge >= 0.3 is 5.97 Å². The molecule has 0 spiro atoms. The summed E-state index contributed by atoms with van der Waals surface area (Å²) in [6, 6.07) is 10.0. The lowest BCUT2D eigenvalue weighted by Crippen LogP contribution is -2.21. The number of aryl methyl sites for hydroxylation is 1. The second-order valence-electron chi connectivity index (χ2n) is 5.85. The Hall–Kier alpha value is -3.27. The molecule has 9 nitrogen and oxygen atoms in total. The van der Waals surface area contributed by atoms with Crippen LogP contribution >= 0.6 is 0 Å². The van der Waals surface area contributed by atoms with E-state index >= 15 is 0 Å². The molecule has 0 saturated heterocycles. The first-order valence-corrected chi connectivity index (χ1v) is 10.1. The molecule has 148 valence electrons. The number of carbonyl (C=O) groups excluding carboxylic acids is 2. The molecule has 1 N–H and O–H groups in total. The largest absolute Gasteiger partial charge is 0.452 e. The molecule has 2 rings (SSSR count). The number of amides is 1. The van der Waals surface area contributed by atoms with Crippen LogP contribution in [0.15, 0.2) is 47.4 Å². The molecule has 0 radical (unpaired) electrons. The van der Waals surface area contributed by atoms with Gasteiger partial charge in [0.1, 0.15) is 4.90 Å². The summed E-state index contributed by atoms with van der Waals surface area (Å²) >= 11 is 0. The van der Waals surface area contributed by atoms with E-state index in [0.29, 0.717) is 12.1 Å². The van der Waals surface area contributed by atoms with E-state index in [1.165, 1.54) is 0 Å². The van der Waals surface area contributed by atoms with Crippen molar-refractivity contribution in [1.29, 1.82) is 0 Å². The first-order chi connectivity index (χ1) is 13.1. The van der Waals surface area contributed by atoms with Gasteiger partial charge in [0, 0.05) is 18.0 Å². The van der Waals surface area contributed by atoms with Crippen molar-refractivity contribution in [2.75, 3.05) is 18.2 Å². The van der Waals surface area contributed by atoms with Crippen LogP contribution in [0.5, 0.6) is 0 Å². The summed E-state index contributed by atoms with van der Waals surface area (Å²) in [6.07, 6.45) is 1.53. The van der Waals surface area contributed by atoms with Crippen molar-refractivity contribution in [3.63, 3.8) is 0 Å². The maximum absolute atomic E-state index is 12.1. The molecule has 0 aliphatic carbocycles. The van der Waals surface area contributed by atoms with Gasteiger partial charge in [-0.2, -0.15) is 0 Å². The van der Waals surface area contributed by atoms with E-state index in [1.807, 2.05) is 19.1 Å². The molecule has 0 fully saturated rings. The van der Waals surface area contributed by atoms with E-state index in [1.54, 1.807) is 12.1 Å². The van der Waals surface area contributed by atoms with Crippen molar-refractivity contribution in [3.05, 3.63) is 63.7 Å². The first-order valence-electron chi connectivity index (χ1n) is 8.17. The topological polar surface area (TPSA) is 133 Å². The highest BCUT2D eigenvalue weighted by Gasteiger charge is 2.24. The Morgan fingerprint density at radius 1 is 1.18 bits per heavy atom. The number of esters is 1. The third-order valence-electron chi connectivity index (χ3n) is 3.80. The molecule has 0 bridgehead atoms. The fraction of sp³-hybridized carbons (Fsp3) is 0.222. The number of benzene rings is 2. The van der Waals surface area contributed by atoms with Crippen LogP contribution in [0.2, 0.25) is 0 Å². The molecule has 0 aliphatic heterocycles. The first kappa shape index (κ1) is 21.0. The van der Waals surface area contributed by atoms with Crippen LogP contribution in [0, 0.1) is 10.1 Å². The molecule has 2 aromatic carbocycles. The van der Waals surface area contributed by atoms with Gasteiger partial charge in [-0.25, -0.2) is 13.2 Å². The monoisotopic (exact) mass is 406 g/mol. The SMILES string of the molecule is CCc1ccccc1NC(=O)COC(=O)c1ccc(S(C)(=O)=O)c([N+](=O)[O-])c1. The number of carbonyl (C=O) groups is 2. The lowest BCUT2D eigenvalue weighted by Gasteiger charge is -2.10. The van der Waals surface area contributed by atoms with Crippen LogP contribution in [-0.2, 0) is 25.8 Å². The Balaban J connectivity index is 2.10. The fourth-order valence-electron chi connectivity index (χ4n) is 2.45. The van der Waals surface area contributed by atoms with Crippen molar-refractivity contribution in [3.8, 4) is 0 Å². The van der Waals surface area contributed by atoms with Crippen molar-refractivity contribution >= 4 is 33.1 Å². The number of hydrogen-bond donors (Lipinski definition) is 1. The number of ether oxygens (including phenoxy) is 1. The fourth-order valence-corrected chi connectivity index (χ4v) is 3.28. The van der Waals surface area contributed by atoms with Gasteiger partial charge in [0.25, 0.3) is 11.6 Å². The summed E-state index contributed by atoms with van der Waals surface area (Å²) in [6.45, 7) is 1.33. The molecule has 28 heavy (non-hydrogen) atoms. The molecular weight excluding hydrogens is 388 g/mol. The van der Waals surface area contributed by atoms with Crippen molar-refractivity contribution in [2.45, 2.75) is 18.2 Å². The van der Waals surface area contributed by atoms with Gasteiger partial charge in [-0.3, -0.25) is 14.9 Å². The zero-order valence-electron chi connectivity index (χ0n) is 15.2. The molecule has 1 amide bonds. The van der Waals surface area contributed by atoms with Crippen LogP contribution in [-0.4, -0.2) is 38.1 Å². The lowest BCUT2D eigenvalue weighted by atomic mass is 10.1. The van der Waals surface area contributed by atoms with E-state index in [4.69, 9.17) is 4.74 Å². The summed E-state index contributed by atoms with van der Waals surface area (Å²) in [5.74, 6) is -1.56. The predicted molar refractivity (Wildman–Crippen MR) is 101 cm³/mol. The Morgan fingerprint density at radius 2 is 1.86 bits per heavy atom. The minimum atomic E-state index is -3.85. The summed E-state index contributed by atoms with van der Waals surface area (Å²) in [5.41, 5.74) is 0.535. The third kappa shape index (κ3) is 5.13. The van der Waals surface area contributed by atoms with Gasteiger partial charge in [-0.15, -0.1) is 0 Å². The van der Waals surface area contributed by atoms with E-state index in [2.05, 4.69) is 5.32 Å². The number of sulfone groups is 1. The van der Waals surface area contributed by atoms with Crippen molar-refractivity contribution < 1.29 is 27.7 Å². The van der Waals surface area contributed by atoms with Gasteiger partial charge in [-0.05, 0) is 30.2 Å². The number of nitro groups is 1. The molecule has 0 aromatic heterocycles. The Labute approximate surface area is 161 Å². The molecular formula is C18H18N2O7S. The summed E-state index contributed by atoms with van der Waals surface area (Å²) in [4.78, 5) is 33.8. The van der Waals surface area contributed by atoms with Gasteiger partial charge in [0.15, 0.2) is 16.4 Å². The van der Waals surface area contributed by atoms with Gasteiger partial charge in [0.05, 0.1) is 10.5 Å². The van der Waals surface area contributed by atoms with Crippen LogP contribution in [0.1, 0.15) is 22.8 Å². The second-order valence-corrected chi connectivity index (χ2v) is 7.83. The normalized spacial score (nSPS) is 10.9. The van der Waals surface area contributed by atoms with Gasteiger partial charge in [0.2, 0.25) is 0 Å². The van der Waals surface area contributed by atoms with Crippen LogP contribution in [0.3, 0.4) is 0 Å². The van der Waals surface area contributed by atoms with E-state index in [9.17, 15) is 28.1 Å². The molecule has 0 aliphatic rings. The summed E-state index contributed by atoms with van der Waals surface area (Å²) in [7, 11) is -3.85. The van der Waals surface area contributed by atoms with E-state index in [-0.39, 0.29) is 5.56 Å². The maximum atomic E-state index is 12.1. The highest BCUT2D eigenvalue weighted by Crippen LogP contribution is 2.25. The molecule has 0 saturated carbocycles. The van der Waals surface area contributed by atoms with E-state index in [0.717, 1.165) is 30.0 Å². The standard InChI is InChI=1S/C18H18N2O7S/c1-3-12-6-4-5-7-14(12)19-17(21)11-27-18(22)13-8-9-16(28(2,25)26)15(10-13)20(23)24/h4-10H,3,11H2,1-2H3,(H,19,21). The molecule has 0 heterocycles. The zero-order chi connectivity index (χ0) is 20.9.